The van der Waals surface area contributed by atoms with E-state index in [1.807, 2.05) is 24.3 Å². The van der Waals surface area contributed by atoms with E-state index in [0.717, 1.165) is 9.86 Å². The van der Waals surface area contributed by atoms with Crippen LogP contribution in [0.1, 0.15) is 12.2 Å². The lowest BCUT2D eigenvalue weighted by Crippen LogP contribution is -2.45. The third-order valence-corrected chi connectivity index (χ3v) is 4.76. The van der Waals surface area contributed by atoms with Crippen LogP contribution in [-0.2, 0) is 12.6 Å². The molecule has 26 heavy (non-hydrogen) atoms. The Morgan fingerprint density at radius 1 is 1.23 bits per heavy atom. The molecule has 0 saturated heterocycles. The normalized spacial score (nSPS) is 14.4. The summed E-state index contributed by atoms with van der Waals surface area (Å²) in [4.78, 5) is 8.07. The van der Waals surface area contributed by atoms with Gasteiger partial charge in [0.2, 0.25) is 5.60 Å². The van der Waals surface area contributed by atoms with Gasteiger partial charge in [-0.2, -0.15) is 13.2 Å². The first-order valence-corrected chi connectivity index (χ1v) is 8.58. The van der Waals surface area contributed by atoms with Gasteiger partial charge in [0.05, 0.1) is 5.52 Å². The molecule has 0 aliphatic carbocycles. The summed E-state index contributed by atoms with van der Waals surface area (Å²) in [6.07, 6.45) is -2.87. The van der Waals surface area contributed by atoms with Crippen LogP contribution in [0.15, 0.2) is 47.2 Å². The number of aryl methyl sites for hydroxylation is 1. The van der Waals surface area contributed by atoms with E-state index in [4.69, 9.17) is 0 Å². The van der Waals surface area contributed by atoms with Gasteiger partial charge in [-0.15, -0.1) is 0 Å². The highest BCUT2D eigenvalue weighted by Crippen LogP contribution is 2.40. The Morgan fingerprint density at radius 2 is 2.00 bits per heavy atom. The van der Waals surface area contributed by atoms with Crippen molar-refractivity contribution in [3.05, 3.63) is 53.0 Å². The second-order valence-electron chi connectivity index (χ2n) is 5.90. The number of benzene rings is 1. The quantitative estimate of drug-likeness (QED) is 0.644. The SMILES string of the molecule is Cn1ccnc1C(O)(CCNc1ccc2cccc(Br)c2n1)C(F)(F)F. The van der Waals surface area contributed by atoms with Crippen LogP contribution < -0.4 is 5.32 Å². The zero-order valence-corrected chi connectivity index (χ0v) is 15.3. The summed E-state index contributed by atoms with van der Waals surface area (Å²) in [5.74, 6) is -0.0187. The average Bonchev–Trinajstić information content (AvgIpc) is 3.01. The first kappa shape index (κ1) is 18.7. The molecule has 2 aromatic heterocycles. The van der Waals surface area contributed by atoms with E-state index in [2.05, 4.69) is 31.2 Å². The summed E-state index contributed by atoms with van der Waals surface area (Å²) >= 11 is 3.40. The first-order chi connectivity index (χ1) is 12.2. The van der Waals surface area contributed by atoms with Crippen LogP contribution in [0.3, 0.4) is 0 Å². The van der Waals surface area contributed by atoms with Gasteiger partial charge >= 0.3 is 6.18 Å². The van der Waals surface area contributed by atoms with Crippen LogP contribution in [0.2, 0.25) is 0 Å². The zero-order chi connectivity index (χ0) is 18.9. The summed E-state index contributed by atoms with van der Waals surface area (Å²) in [7, 11) is 1.41. The van der Waals surface area contributed by atoms with Crippen LogP contribution in [0.5, 0.6) is 0 Å². The monoisotopic (exact) mass is 428 g/mol. The van der Waals surface area contributed by atoms with Gasteiger partial charge < -0.3 is 15.0 Å². The second kappa shape index (κ2) is 6.88. The standard InChI is InChI=1S/C17H16BrF3N4O/c1-25-10-9-23-15(25)16(26,17(19,20)21)7-8-22-13-6-5-11-3-2-4-12(18)14(11)24-13/h2-6,9-10,26H,7-8H2,1H3,(H,22,24). The third-order valence-electron chi connectivity index (χ3n) is 4.12. The number of pyridine rings is 1. The van der Waals surface area contributed by atoms with Crippen molar-refractivity contribution in [2.75, 3.05) is 11.9 Å². The number of para-hydroxylation sites is 1. The Labute approximate surface area is 156 Å². The highest BCUT2D eigenvalue weighted by molar-refractivity contribution is 9.10. The summed E-state index contributed by atoms with van der Waals surface area (Å²) in [6.45, 7) is -0.133. The van der Waals surface area contributed by atoms with Gasteiger partial charge in [0.1, 0.15) is 11.6 Å². The van der Waals surface area contributed by atoms with Crippen LogP contribution in [0.4, 0.5) is 19.0 Å². The molecule has 3 aromatic rings. The predicted octanol–water partition coefficient (Wildman–Crippen LogP) is 3.98. The van der Waals surface area contributed by atoms with E-state index in [-0.39, 0.29) is 6.54 Å². The van der Waals surface area contributed by atoms with Crippen LogP contribution in [0, 0.1) is 0 Å². The zero-order valence-electron chi connectivity index (χ0n) is 13.8. The Morgan fingerprint density at radius 3 is 2.65 bits per heavy atom. The fourth-order valence-electron chi connectivity index (χ4n) is 2.73. The molecule has 138 valence electrons. The Balaban J connectivity index is 1.79. The summed E-state index contributed by atoms with van der Waals surface area (Å²) in [5.41, 5.74) is -2.34. The molecular weight excluding hydrogens is 413 g/mol. The molecule has 0 bridgehead atoms. The molecule has 0 aliphatic rings. The smallest absolute Gasteiger partial charge is 0.374 e. The van der Waals surface area contributed by atoms with Crippen LogP contribution in [0.25, 0.3) is 10.9 Å². The molecule has 2 heterocycles. The fraction of sp³-hybridized carbons (Fsp3) is 0.294. The molecule has 0 fully saturated rings. The molecule has 1 aromatic carbocycles. The number of nitrogens with zero attached hydrogens (tertiary/aromatic N) is 3. The number of imidazole rings is 1. The lowest BCUT2D eigenvalue weighted by Gasteiger charge is -2.30. The summed E-state index contributed by atoms with van der Waals surface area (Å²) < 4.78 is 42.4. The number of alkyl halides is 3. The maximum absolute atomic E-state index is 13.5. The lowest BCUT2D eigenvalue weighted by molar-refractivity contribution is -0.271. The van der Waals surface area contributed by atoms with E-state index in [1.54, 1.807) is 6.07 Å². The summed E-state index contributed by atoms with van der Waals surface area (Å²) in [6, 6.07) is 9.10. The number of fused-ring (bicyclic) bond motifs is 1. The molecule has 0 radical (unpaired) electrons. The number of rotatable bonds is 5. The number of halogens is 4. The van der Waals surface area contributed by atoms with Crippen molar-refractivity contribution in [1.29, 1.82) is 0 Å². The highest BCUT2D eigenvalue weighted by atomic mass is 79.9. The average molecular weight is 429 g/mol. The van der Waals surface area contributed by atoms with E-state index >= 15 is 0 Å². The first-order valence-electron chi connectivity index (χ1n) is 7.78. The molecule has 9 heteroatoms. The number of anilines is 1. The minimum Gasteiger partial charge on any atom is -0.374 e. The highest BCUT2D eigenvalue weighted by Gasteiger charge is 2.57. The van der Waals surface area contributed by atoms with Gasteiger partial charge in [-0.05, 0) is 34.1 Å². The van der Waals surface area contributed by atoms with Crippen molar-refractivity contribution in [1.82, 2.24) is 14.5 Å². The second-order valence-corrected chi connectivity index (χ2v) is 6.76. The minimum absolute atomic E-state index is 0.133. The van der Waals surface area contributed by atoms with Crippen molar-refractivity contribution in [3.8, 4) is 0 Å². The van der Waals surface area contributed by atoms with Crippen LogP contribution >= 0.6 is 15.9 Å². The molecule has 0 aliphatic heterocycles. The third kappa shape index (κ3) is 3.41. The van der Waals surface area contributed by atoms with Crippen molar-refractivity contribution in [2.45, 2.75) is 18.2 Å². The van der Waals surface area contributed by atoms with Gasteiger partial charge in [0.15, 0.2) is 0 Å². The number of nitrogens with one attached hydrogen (secondary N) is 1. The Hall–Kier alpha value is -2.13. The molecule has 5 nitrogen and oxygen atoms in total. The number of hydrogen-bond donors (Lipinski definition) is 2. The Kier molecular flexibility index (Phi) is 4.94. The number of hydrogen-bond acceptors (Lipinski definition) is 4. The molecule has 0 amide bonds. The molecule has 3 rings (SSSR count). The van der Waals surface area contributed by atoms with Crippen molar-refractivity contribution in [2.24, 2.45) is 7.05 Å². The largest absolute Gasteiger partial charge is 0.424 e. The predicted molar refractivity (Wildman–Crippen MR) is 95.7 cm³/mol. The molecule has 1 atom stereocenters. The Bertz CT molecular complexity index is 928. The van der Waals surface area contributed by atoms with E-state index < -0.39 is 24.0 Å². The minimum atomic E-state index is -4.85. The maximum atomic E-state index is 13.5. The maximum Gasteiger partial charge on any atom is 0.424 e. The van der Waals surface area contributed by atoms with Gasteiger partial charge in [-0.3, -0.25) is 0 Å². The van der Waals surface area contributed by atoms with Gasteiger partial charge in [-0.25, -0.2) is 9.97 Å². The van der Waals surface area contributed by atoms with Gasteiger partial charge in [0, 0.05) is 42.3 Å². The summed E-state index contributed by atoms with van der Waals surface area (Å²) in [5, 5.41) is 14.1. The van der Waals surface area contributed by atoms with E-state index in [9.17, 15) is 18.3 Å². The van der Waals surface area contributed by atoms with Crippen molar-refractivity contribution in [3.63, 3.8) is 0 Å². The van der Waals surface area contributed by atoms with Crippen LogP contribution in [-0.4, -0.2) is 32.4 Å². The van der Waals surface area contributed by atoms with Gasteiger partial charge in [-0.1, -0.05) is 12.1 Å². The topological polar surface area (TPSA) is 63.0 Å². The molecule has 0 spiro atoms. The van der Waals surface area contributed by atoms with Gasteiger partial charge in [0.25, 0.3) is 0 Å². The number of aromatic nitrogens is 3. The van der Waals surface area contributed by atoms with E-state index in [0.29, 0.717) is 11.3 Å². The molecular formula is C17H16BrF3N4O. The molecule has 1 unspecified atom stereocenters. The fourth-order valence-corrected chi connectivity index (χ4v) is 3.20. The van der Waals surface area contributed by atoms with Crippen molar-refractivity contribution >= 4 is 32.7 Å². The lowest BCUT2D eigenvalue weighted by atomic mass is 9.97. The van der Waals surface area contributed by atoms with Crippen molar-refractivity contribution < 1.29 is 18.3 Å². The molecule has 0 saturated carbocycles. The molecule has 2 N–H and O–H groups in total. The number of aliphatic hydroxyl groups is 1. The van der Waals surface area contributed by atoms with E-state index in [1.165, 1.54) is 24.0 Å².